The first-order chi connectivity index (χ1) is 10.2. The Kier molecular flexibility index (Phi) is 6.49. The van der Waals surface area contributed by atoms with E-state index in [1.54, 1.807) is 0 Å². The summed E-state index contributed by atoms with van der Waals surface area (Å²) in [5.74, 6) is 0.826. The molecule has 2 aliphatic heterocycles. The van der Waals surface area contributed by atoms with Crippen molar-refractivity contribution in [2.75, 3.05) is 39.3 Å². The van der Waals surface area contributed by atoms with E-state index in [1.807, 2.05) is 0 Å². The molecule has 2 fully saturated rings. The van der Waals surface area contributed by atoms with Gasteiger partial charge in [0.15, 0.2) is 0 Å². The summed E-state index contributed by atoms with van der Waals surface area (Å²) in [4.78, 5) is 15.2. The number of rotatable bonds is 7. The van der Waals surface area contributed by atoms with Crippen LogP contribution in [0.5, 0.6) is 0 Å². The number of likely N-dealkylation sites (tertiary alicyclic amines) is 1. The molecule has 4 nitrogen and oxygen atoms in total. The molecule has 0 bridgehead atoms. The molecule has 122 valence electrons. The number of piperidine rings is 1. The van der Waals surface area contributed by atoms with Crippen molar-refractivity contribution in [1.82, 2.24) is 15.5 Å². The van der Waals surface area contributed by atoms with Gasteiger partial charge in [-0.3, -0.25) is 4.79 Å². The van der Waals surface area contributed by atoms with Crippen LogP contribution in [0.1, 0.15) is 52.4 Å². The van der Waals surface area contributed by atoms with Gasteiger partial charge in [-0.15, -0.1) is 0 Å². The van der Waals surface area contributed by atoms with E-state index in [0.717, 1.165) is 51.9 Å². The summed E-state index contributed by atoms with van der Waals surface area (Å²) in [6.07, 6.45) is 6.93. The first-order valence-corrected chi connectivity index (χ1v) is 8.88. The van der Waals surface area contributed by atoms with Gasteiger partial charge in [-0.05, 0) is 57.7 Å². The zero-order chi connectivity index (χ0) is 15.1. The highest BCUT2D eigenvalue weighted by atomic mass is 16.2. The van der Waals surface area contributed by atoms with Crippen molar-refractivity contribution in [3.63, 3.8) is 0 Å². The van der Waals surface area contributed by atoms with Gasteiger partial charge in [0.25, 0.3) is 0 Å². The molecule has 2 atom stereocenters. The smallest absolute Gasteiger partial charge is 0.227 e. The van der Waals surface area contributed by atoms with Crippen LogP contribution in [0, 0.1) is 11.3 Å². The van der Waals surface area contributed by atoms with Gasteiger partial charge in [0.1, 0.15) is 0 Å². The third-order valence-corrected chi connectivity index (χ3v) is 5.06. The number of carbonyl (C=O) groups excluding carboxylic acids is 1. The zero-order valence-electron chi connectivity index (χ0n) is 13.9. The molecule has 1 amide bonds. The Morgan fingerprint density at radius 2 is 2.10 bits per heavy atom. The fraction of sp³-hybridized carbons (Fsp3) is 0.941. The van der Waals surface area contributed by atoms with E-state index in [4.69, 9.17) is 0 Å². The SMILES string of the molecule is CCCC1(C(=O)NCC(C)CN2CCCC2)CCCNC1. The summed E-state index contributed by atoms with van der Waals surface area (Å²) in [7, 11) is 0. The van der Waals surface area contributed by atoms with Gasteiger partial charge in [-0.2, -0.15) is 0 Å². The molecule has 0 aromatic heterocycles. The average molecular weight is 295 g/mol. The van der Waals surface area contributed by atoms with Crippen LogP contribution in [0.3, 0.4) is 0 Å². The van der Waals surface area contributed by atoms with Crippen LogP contribution < -0.4 is 10.6 Å². The number of amides is 1. The molecule has 0 aromatic carbocycles. The quantitative estimate of drug-likeness (QED) is 0.755. The minimum atomic E-state index is -0.152. The Morgan fingerprint density at radius 1 is 1.33 bits per heavy atom. The van der Waals surface area contributed by atoms with Crippen molar-refractivity contribution in [3.05, 3.63) is 0 Å². The van der Waals surface area contributed by atoms with Crippen LogP contribution in [-0.4, -0.2) is 50.1 Å². The van der Waals surface area contributed by atoms with E-state index in [1.165, 1.54) is 25.9 Å². The topological polar surface area (TPSA) is 44.4 Å². The molecule has 2 rings (SSSR count). The maximum absolute atomic E-state index is 12.7. The molecule has 0 radical (unpaired) electrons. The molecular weight excluding hydrogens is 262 g/mol. The third kappa shape index (κ3) is 4.68. The van der Waals surface area contributed by atoms with Crippen molar-refractivity contribution >= 4 is 5.91 Å². The molecule has 2 heterocycles. The largest absolute Gasteiger partial charge is 0.355 e. The summed E-state index contributed by atoms with van der Waals surface area (Å²) >= 11 is 0. The Labute approximate surface area is 130 Å². The first kappa shape index (κ1) is 16.8. The van der Waals surface area contributed by atoms with Crippen molar-refractivity contribution < 1.29 is 4.79 Å². The molecule has 0 spiro atoms. The average Bonchev–Trinajstić information content (AvgIpc) is 2.99. The lowest BCUT2D eigenvalue weighted by molar-refractivity contribution is -0.132. The van der Waals surface area contributed by atoms with Gasteiger partial charge < -0.3 is 15.5 Å². The maximum atomic E-state index is 12.7. The van der Waals surface area contributed by atoms with E-state index in [2.05, 4.69) is 29.4 Å². The molecule has 4 heteroatoms. The summed E-state index contributed by atoms with van der Waals surface area (Å²) in [6.45, 7) is 10.8. The molecule has 2 N–H and O–H groups in total. The van der Waals surface area contributed by atoms with Crippen molar-refractivity contribution in [2.24, 2.45) is 11.3 Å². The number of nitrogens with zero attached hydrogens (tertiary/aromatic N) is 1. The van der Waals surface area contributed by atoms with Crippen molar-refractivity contribution in [1.29, 1.82) is 0 Å². The minimum absolute atomic E-state index is 0.152. The monoisotopic (exact) mass is 295 g/mol. The second kappa shape index (κ2) is 8.14. The van der Waals surface area contributed by atoms with Gasteiger partial charge in [-0.1, -0.05) is 20.3 Å². The minimum Gasteiger partial charge on any atom is -0.355 e. The molecular formula is C17H33N3O. The fourth-order valence-corrected chi connectivity index (χ4v) is 3.89. The van der Waals surface area contributed by atoms with Crippen LogP contribution in [0.2, 0.25) is 0 Å². The number of hydrogen-bond donors (Lipinski definition) is 2. The lowest BCUT2D eigenvalue weighted by atomic mass is 9.76. The predicted molar refractivity (Wildman–Crippen MR) is 87.3 cm³/mol. The maximum Gasteiger partial charge on any atom is 0.227 e. The summed E-state index contributed by atoms with van der Waals surface area (Å²) in [5, 5.41) is 6.66. The Bertz CT molecular complexity index is 314. The van der Waals surface area contributed by atoms with Crippen LogP contribution in [0.25, 0.3) is 0 Å². The third-order valence-electron chi connectivity index (χ3n) is 5.06. The number of nitrogens with one attached hydrogen (secondary N) is 2. The summed E-state index contributed by atoms with van der Waals surface area (Å²) in [6, 6.07) is 0. The summed E-state index contributed by atoms with van der Waals surface area (Å²) < 4.78 is 0. The van der Waals surface area contributed by atoms with Crippen LogP contribution in [0.4, 0.5) is 0 Å². The Hall–Kier alpha value is -0.610. The van der Waals surface area contributed by atoms with Crippen LogP contribution in [-0.2, 0) is 4.79 Å². The molecule has 2 unspecified atom stereocenters. The molecule has 0 aliphatic carbocycles. The second-order valence-corrected chi connectivity index (χ2v) is 7.13. The van der Waals surface area contributed by atoms with Gasteiger partial charge in [0.2, 0.25) is 5.91 Å². The fourth-order valence-electron chi connectivity index (χ4n) is 3.89. The van der Waals surface area contributed by atoms with Gasteiger partial charge in [0.05, 0.1) is 5.41 Å². The van der Waals surface area contributed by atoms with Crippen LogP contribution in [0.15, 0.2) is 0 Å². The predicted octanol–water partition coefficient (Wildman–Crippen LogP) is 2.00. The van der Waals surface area contributed by atoms with Gasteiger partial charge >= 0.3 is 0 Å². The van der Waals surface area contributed by atoms with Crippen molar-refractivity contribution in [3.8, 4) is 0 Å². The normalized spacial score (nSPS) is 28.5. The highest BCUT2D eigenvalue weighted by Crippen LogP contribution is 2.31. The summed E-state index contributed by atoms with van der Waals surface area (Å²) in [5.41, 5.74) is -0.152. The lowest BCUT2D eigenvalue weighted by Crippen LogP contribution is -2.51. The molecule has 0 aromatic rings. The van der Waals surface area contributed by atoms with E-state index in [0.29, 0.717) is 5.92 Å². The van der Waals surface area contributed by atoms with E-state index >= 15 is 0 Å². The lowest BCUT2D eigenvalue weighted by Gasteiger charge is -2.36. The Balaban J connectivity index is 1.78. The highest BCUT2D eigenvalue weighted by molar-refractivity contribution is 5.83. The van der Waals surface area contributed by atoms with Crippen molar-refractivity contribution in [2.45, 2.75) is 52.4 Å². The molecule has 2 aliphatic rings. The van der Waals surface area contributed by atoms with Gasteiger partial charge in [0, 0.05) is 19.6 Å². The standard InChI is InChI=1S/C17H33N3O/c1-3-7-17(8-6-9-18-14-17)16(21)19-12-15(2)13-20-10-4-5-11-20/h15,18H,3-14H2,1-2H3,(H,19,21). The first-order valence-electron chi connectivity index (χ1n) is 8.88. The second-order valence-electron chi connectivity index (χ2n) is 7.13. The van der Waals surface area contributed by atoms with E-state index < -0.39 is 0 Å². The molecule has 21 heavy (non-hydrogen) atoms. The Morgan fingerprint density at radius 3 is 2.71 bits per heavy atom. The highest BCUT2D eigenvalue weighted by Gasteiger charge is 2.38. The molecule has 0 saturated carbocycles. The van der Waals surface area contributed by atoms with E-state index in [9.17, 15) is 4.79 Å². The van der Waals surface area contributed by atoms with Gasteiger partial charge in [-0.25, -0.2) is 0 Å². The van der Waals surface area contributed by atoms with E-state index in [-0.39, 0.29) is 11.3 Å². The number of hydrogen-bond acceptors (Lipinski definition) is 3. The molecule has 2 saturated heterocycles. The van der Waals surface area contributed by atoms with Crippen LogP contribution >= 0.6 is 0 Å². The zero-order valence-corrected chi connectivity index (χ0v) is 13.9. The number of carbonyl (C=O) groups is 1.